The zero-order valence-electron chi connectivity index (χ0n) is 16.9. The van der Waals surface area contributed by atoms with Crippen molar-refractivity contribution in [3.63, 3.8) is 0 Å². The maximum Gasteiger partial charge on any atom is 0.262 e. The Labute approximate surface area is 183 Å². The second-order valence-corrected chi connectivity index (χ2v) is 7.52. The van der Waals surface area contributed by atoms with Crippen LogP contribution in [0.15, 0.2) is 85.2 Å². The highest BCUT2D eigenvalue weighted by Gasteiger charge is 2.42. The lowest BCUT2D eigenvalue weighted by Crippen LogP contribution is -2.48. The van der Waals surface area contributed by atoms with Crippen molar-refractivity contribution in [3.05, 3.63) is 102 Å². The molecule has 7 heteroatoms. The van der Waals surface area contributed by atoms with E-state index in [0.717, 1.165) is 21.2 Å². The molecular weight excluding hydrogens is 404 g/mol. The van der Waals surface area contributed by atoms with Crippen molar-refractivity contribution in [3.8, 4) is 0 Å². The van der Waals surface area contributed by atoms with E-state index in [0.29, 0.717) is 16.8 Å². The molecule has 0 spiro atoms. The fraction of sp³-hybridized carbons (Fsp3) is 0.0800. The summed E-state index contributed by atoms with van der Waals surface area (Å²) in [5.74, 6) is -1.39. The number of imide groups is 1. The van der Waals surface area contributed by atoms with Crippen LogP contribution in [-0.2, 0) is 11.2 Å². The highest BCUT2D eigenvalue weighted by atomic mass is 16.2. The van der Waals surface area contributed by atoms with Crippen LogP contribution in [0.25, 0.3) is 10.8 Å². The van der Waals surface area contributed by atoms with Crippen LogP contribution in [0.2, 0.25) is 0 Å². The summed E-state index contributed by atoms with van der Waals surface area (Å²) in [5.41, 5.74) is 2.00. The fourth-order valence-electron chi connectivity index (χ4n) is 3.98. The molecule has 1 aliphatic heterocycles. The maximum atomic E-state index is 13.5. The number of nitrogens with one attached hydrogen (secondary N) is 1. The number of benzene rings is 3. The number of carbonyl (C=O) groups excluding carboxylic acids is 3. The van der Waals surface area contributed by atoms with Crippen LogP contribution in [-0.4, -0.2) is 38.9 Å². The molecule has 3 amide bonds. The SMILES string of the molecule is O=C(Nc1cccc2cnncc12)C(Cc1ccccc1)N1C(=O)c2ccccc2C1=O. The van der Waals surface area contributed by atoms with Gasteiger partial charge in [0.25, 0.3) is 11.8 Å². The summed E-state index contributed by atoms with van der Waals surface area (Å²) in [5, 5.41) is 12.2. The minimum absolute atomic E-state index is 0.197. The predicted octanol–water partition coefficient (Wildman–Crippen LogP) is 3.48. The zero-order chi connectivity index (χ0) is 22.1. The summed E-state index contributed by atoms with van der Waals surface area (Å²) in [6.45, 7) is 0. The first-order valence-electron chi connectivity index (χ1n) is 10.1. The molecule has 156 valence electrons. The largest absolute Gasteiger partial charge is 0.324 e. The van der Waals surface area contributed by atoms with Gasteiger partial charge in [0.2, 0.25) is 5.91 Å². The van der Waals surface area contributed by atoms with Gasteiger partial charge >= 0.3 is 0 Å². The Morgan fingerprint density at radius 3 is 2.19 bits per heavy atom. The second kappa shape index (κ2) is 8.03. The Morgan fingerprint density at radius 1 is 0.812 bits per heavy atom. The van der Waals surface area contributed by atoms with E-state index in [1.807, 2.05) is 36.4 Å². The molecule has 0 radical (unpaired) electrons. The Hall–Kier alpha value is -4.39. The molecule has 3 aromatic carbocycles. The standard InChI is InChI=1S/C25H18N4O3/c30-23(28-21-12-6-9-17-14-26-27-15-20(17)21)22(13-16-7-2-1-3-8-16)29-24(31)18-10-4-5-11-19(18)25(29)32/h1-12,14-15,22H,13H2,(H,28,30). The molecule has 1 unspecified atom stereocenters. The number of carbonyl (C=O) groups is 3. The lowest BCUT2D eigenvalue weighted by Gasteiger charge is -2.26. The third-order valence-electron chi connectivity index (χ3n) is 5.56. The Balaban J connectivity index is 1.52. The quantitative estimate of drug-likeness (QED) is 0.497. The molecule has 7 nitrogen and oxygen atoms in total. The normalized spacial score (nSPS) is 13.8. The zero-order valence-corrected chi connectivity index (χ0v) is 16.9. The van der Waals surface area contributed by atoms with Gasteiger partial charge in [-0.3, -0.25) is 19.3 Å². The van der Waals surface area contributed by atoms with Gasteiger partial charge in [-0.2, -0.15) is 10.2 Å². The third-order valence-corrected chi connectivity index (χ3v) is 5.56. The van der Waals surface area contributed by atoms with E-state index >= 15 is 0 Å². The topological polar surface area (TPSA) is 92.3 Å². The number of aromatic nitrogens is 2. The number of fused-ring (bicyclic) bond motifs is 2. The van der Waals surface area contributed by atoms with Crippen molar-refractivity contribution in [2.45, 2.75) is 12.5 Å². The van der Waals surface area contributed by atoms with Crippen molar-refractivity contribution < 1.29 is 14.4 Å². The van der Waals surface area contributed by atoms with E-state index in [-0.39, 0.29) is 6.42 Å². The second-order valence-electron chi connectivity index (χ2n) is 7.52. The van der Waals surface area contributed by atoms with Crippen LogP contribution in [0.5, 0.6) is 0 Å². The average molecular weight is 422 g/mol. The van der Waals surface area contributed by atoms with E-state index in [9.17, 15) is 14.4 Å². The lowest BCUT2D eigenvalue weighted by atomic mass is 10.0. The summed E-state index contributed by atoms with van der Waals surface area (Å²) in [6, 6.07) is 20.3. The van der Waals surface area contributed by atoms with Crippen LogP contribution in [0.4, 0.5) is 5.69 Å². The molecule has 32 heavy (non-hydrogen) atoms. The molecule has 4 aromatic rings. The average Bonchev–Trinajstić information content (AvgIpc) is 3.08. The molecule has 1 aromatic heterocycles. The number of amides is 3. The number of nitrogens with zero attached hydrogens (tertiary/aromatic N) is 3. The highest BCUT2D eigenvalue weighted by Crippen LogP contribution is 2.28. The predicted molar refractivity (Wildman–Crippen MR) is 119 cm³/mol. The minimum atomic E-state index is -1.02. The molecule has 0 saturated heterocycles. The summed E-state index contributed by atoms with van der Waals surface area (Å²) in [7, 11) is 0. The van der Waals surface area contributed by atoms with Crippen molar-refractivity contribution >= 4 is 34.2 Å². The van der Waals surface area contributed by atoms with Gasteiger partial charge in [0, 0.05) is 17.2 Å². The summed E-state index contributed by atoms with van der Waals surface area (Å²) in [4.78, 5) is 40.8. The van der Waals surface area contributed by atoms with Gasteiger partial charge in [-0.25, -0.2) is 0 Å². The maximum absolute atomic E-state index is 13.5. The highest BCUT2D eigenvalue weighted by molar-refractivity contribution is 6.23. The van der Waals surface area contributed by atoms with Crippen molar-refractivity contribution in [1.82, 2.24) is 15.1 Å². The number of rotatable bonds is 5. The molecular formula is C25H18N4O3. The third kappa shape index (κ3) is 3.39. The van der Waals surface area contributed by atoms with Gasteiger partial charge in [-0.05, 0) is 23.8 Å². The lowest BCUT2D eigenvalue weighted by molar-refractivity contribution is -0.119. The molecule has 1 N–H and O–H groups in total. The summed E-state index contributed by atoms with van der Waals surface area (Å²) < 4.78 is 0. The van der Waals surface area contributed by atoms with E-state index in [1.165, 1.54) is 0 Å². The Kier molecular flexibility index (Phi) is 4.91. The van der Waals surface area contributed by atoms with Gasteiger partial charge in [-0.1, -0.05) is 54.6 Å². The van der Waals surface area contributed by atoms with E-state index in [1.54, 1.807) is 48.8 Å². The molecule has 1 atom stereocenters. The van der Waals surface area contributed by atoms with Crippen LogP contribution in [0.3, 0.4) is 0 Å². The minimum Gasteiger partial charge on any atom is -0.324 e. The molecule has 2 heterocycles. The monoisotopic (exact) mass is 422 g/mol. The summed E-state index contributed by atoms with van der Waals surface area (Å²) in [6.07, 6.45) is 3.37. The smallest absolute Gasteiger partial charge is 0.262 e. The fourth-order valence-corrected chi connectivity index (χ4v) is 3.98. The van der Waals surface area contributed by atoms with Crippen molar-refractivity contribution in [1.29, 1.82) is 0 Å². The van der Waals surface area contributed by atoms with Gasteiger partial charge in [0.15, 0.2) is 0 Å². The molecule has 0 fully saturated rings. The molecule has 1 aliphatic rings. The van der Waals surface area contributed by atoms with Crippen LogP contribution in [0, 0.1) is 0 Å². The number of hydrogen-bond acceptors (Lipinski definition) is 5. The Bertz CT molecular complexity index is 1310. The molecule has 0 aliphatic carbocycles. The van der Waals surface area contributed by atoms with Crippen LogP contribution >= 0.6 is 0 Å². The van der Waals surface area contributed by atoms with Gasteiger partial charge in [-0.15, -0.1) is 0 Å². The molecule has 0 bridgehead atoms. The van der Waals surface area contributed by atoms with Crippen LogP contribution < -0.4 is 5.32 Å². The first-order valence-corrected chi connectivity index (χ1v) is 10.1. The van der Waals surface area contributed by atoms with E-state index < -0.39 is 23.8 Å². The van der Waals surface area contributed by atoms with E-state index in [4.69, 9.17) is 0 Å². The van der Waals surface area contributed by atoms with E-state index in [2.05, 4.69) is 15.5 Å². The number of anilines is 1. The van der Waals surface area contributed by atoms with Gasteiger partial charge < -0.3 is 5.32 Å². The van der Waals surface area contributed by atoms with Crippen molar-refractivity contribution in [2.75, 3.05) is 5.32 Å². The molecule has 0 saturated carbocycles. The van der Waals surface area contributed by atoms with Gasteiger partial charge in [0.05, 0.1) is 29.2 Å². The first kappa shape index (κ1) is 19.6. The summed E-state index contributed by atoms with van der Waals surface area (Å²) >= 11 is 0. The Morgan fingerprint density at radius 2 is 1.47 bits per heavy atom. The number of hydrogen-bond donors (Lipinski definition) is 1. The van der Waals surface area contributed by atoms with Crippen molar-refractivity contribution in [2.24, 2.45) is 0 Å². The first-order chi connectivity index (χ1) is 15.6. The molecule has 5 rings (SSSR count). The van der Waals surface area contributed by atoms with Gasteiger partial charge in [0.1, 0.15) is 6.04 Å². The van der Waals surface area contributed by atoms with Crippen LogP contribution in [0.1, 0.15) is 26.3 Å².